The average Bonchev–Trinajstić information content (AvgIpc) is 2.58. The molecule has 0 amide bonds. The molecular weight excluding hydrogens is 138 g/mol. The van der Waals surface area contributed by atoms with E-state index in [2.05, 4.69) is 15.6 Å². The number of hydrogen-bond acceptors (Lipinski definition) is 3. The van der Waals surface area contributed by atoms with Gasteiger partial charge in [-0.25, -0.2) is 0 Å². The van der Waals surface area contributed by atoms with E-state index in [4.69, 9.17) is 0 Å². The second kappa shape index (κ2) is 2.62. The van der Waals surface area contributed by atoms with Crippen LogP contribution in [0.15, 0.2) is 36.9 Å². The maximum atomic E-state index is 3.94. The van der Waals surface area contributed by atoms with Crippen LogP contribution in [-0.2, 0) is 0 Å². The van der Waals surface area contributed by atoms with Crippen LogP contribution < -0.4 is 10.6 Å². The fraction of sp³-hybridized carbons (Fsp3) is 0.125. The third kappa shape index (κ3) is 1.17. The van der Waals surface area contributed by atoms with Crippen LogP contribution in [0, 0.1) is 0 Å². The Kier molecular flexibility index (Phi) is 1.48. The van der Waals surface area contributed by atoms with E-state index in [1.807, 2.05) is 24.5 Å². The average molecular weight is 147 g/mol. The van der Waals surface area contributed by atoms with Crippen LogP contribution in [0.2, 0.25) is 0 Å². The number of pyridine rings is 1. The molecule has 56 valence electrons. The summed E-state index contributed by atoms with van der Waals surface area (Å²) in [5.41, 5.74) is 1.20. The van der Waals surface area contributed by atoms with E-state index in [1.165, 1.54) is 5.56 Å². The highest BCUT2D eigenvalue weighted by atomic mass is 15.1. The fourth-order valence-corrected chi connectivity index (χ4v) is 1.09. The minimum Gasteiger partial charge on any atom is -0.366 e. The zero-order chi connectivity index (χ0) is 7.52. The maximum absolute atomic E-state index is 3.94. The molecule has 11 heavy (non-hydrogen) atoms. The van der Waals surface area contributed by atoms with Crippen molar-refractivity contribution in [1.82, 2.24) is 15.6 Å². The Bertz CT molecular complexity index is 247. The van der Waals surface area contributed by atoms with E-state index in [9.17, 15) is 0 Å². The Balaban J connectivity index is 2.17. The monoisotopic (exact) mass is 147 g/mol. The van der Waals surface area contributed by atoms with E-state index >= 15 is 0 Å². The van der Waals surface area contributed by atoms with Crippen molar-refractivity contribution >= 4 is 0 Å². The van der Waals surface area contributed by atoms with E-state index in [-0.39, 0.29) is 6.17 Å². The summed E-state index contributed by atoms with van der Waals surface area (Å²) in [6.45, 7) is 0. The second-order valence-corrected chi connectivity index (χ2v) is 2.38. The first-order chi connectivity index (χ1) is 5.47. The topological polar surface area (TPSA) is 37.0 Å². The van der Waals surface area contributed by atoms with Crippen molar-refractivity contribution < 1.29 is 0 Å². The number of hydrogen-bond donors (Lipinski definition) is 2. The van der Waals surface area contributed by atoms with Gasteiger partial charge in [0.05, 0.1) is 0 Å². The third-order valence-electron chi connectivity index (χ3n) is 1.65. The predicted octanol–water partition coefficient (Wildman–Crippen LogP) is 0.744. The third-order valence-corrected chi connectivity index (χ3v) is 1.65. The first-order valence-corrected chi connectivity index (χ1v) is 3.54. The highest BCUT2D eigenvalue weighted by molar-refractivity contribution is 5.17. The molecule has 3 nitrogen and oxygen atoms in total. The van der Waals surface area contributed by atoms with Gasteiger partial charge in [0.25, 0.3) is 0 Å². The minimum atomic E-state index is 0.220. The van der Waals surface area contributed by atoms with Gasteiger partial charge in [-0.2, -0.15) is 0 Å². The van der Waals surface area contributed by atoms with Gasteiger partial charge in [0, 0.05) is 24.8 Å². The summed E-state index contributed by atoms with van der Waals surface area (Å²) in [4.78, 5) is 3.94. The molecular formula is C8H9N3. The molecule has 2 heterocycles. The van der Waals surface area contributed by atoms with Crippen LogP contribution in [0.5, 0.6) is 0 Å². The largest absolute Gasteiger partial charge is 0.366 e. The van der Waals surface area contributed by atoms with Crippen LogP contribution in [-0.4, -0.2) is 4.98 Å². The summed E-state index contributed by atoms with van der Waals surface area (Å²) in [6.07, 6.45) is 7.59. The lowest BCUT2D eigenvalue weighted by molar-refractivity contribution is 0.607. The summed E-state index contributed by atoms with van der Waals surface area (Å²) >= 11 is 0. The molecule has 0 atom stereocenters. The summed E-state index contributed by atoms with van der Waals surface area (Å²) in [5.74, 6) is 0. The fourth-order valence-electron chi connectivity index (χ4n) is 1.09. The van der Waals surface area contributed by atoms with Crippen LogP contribution >= 0.6 is 0 Å². The summed E-state index contributed by atoms with van der Waals surface area (Å²) < 4.78 is 0. The van der Waals surface area contributed by atoms with Gasteiger partial charge < -0.3 is 10.6 Å². The Morgan fingerprint density at radius 2 is 1.73 bits per heavy atom. The van der Waals surface area contributed by atoms with Crippen molar-refractivity contribution in [3.8, 4) is 0 Å². The summed E-state index contributed by atoms with van der Waals surface area (Å²) in [6, 6.07) is 3.97. The van der Waals surface area contributed by atoms with E-state index in [0.717, 1.165) is 0 Å². The van der Waals surface area contributed by atoms with Gasteiger partial charge in [0.1, 0.15) is 6.17 Å². The minimum absolute atomic E-state index is 0.220. The lowest BCUT2D eigenvalue weighted by atomic mass is 10.2. The molecule has 0 aliphatic carbocycles. The first-order valence-electron chi connectivity index (χ1n) is 3.54. The first kappa shape index (κ1) is 6.22. The molecule has 1 aromatic heterocycles. The molecule has 3 heteroatoms. The van der Waals surface area contributed by atoms with Crippen LogP contribution in [0.3, 0.4) is 0 Å². The molecule has 2 rings (SSSR count). The lowest BCUT2D eigenvalue weighted by Gasteiger charge is -2.11. The maximum Gasteiger partial charge on any atom is 0.122 e. The highest BCUT2D eigenvalue weighted by Gasteiger charge is 2.08. The van der Waals surface area contributed by atoms with Gasteiger partial charge in [-0.1, -0.05) is 0 Å². The molecule has 1 aliphatic heterocycles. The lowest BCUT2D eigenvalue weighted by Crippen LogP contribution is -2.20. The number of aromatic nitrogens is 1. The molecule has 2 N–H and O–H groups in total. The van der Waals surface area contributed by atoms with E-state index in [1.54, 1.807) is 12.4 Å². The Morgan fingerprint density at radius 1 is 1.09 bits per heavy atom. The van der Waals surface area contributed by atoms with Gasteiger partial charge in [0.2, 0.25) is 0 Å². The number of nitrogens with zero attached hydrogens (tertiary/aromatic N) is 1. The Labute approximate surface area is 65.2 Å². The van der Waals surface area contributed by atoms with E-state index in [0.29, 0.717) is 0 Å². The Hall–Kier alpha value is -1.51. The molecule has 1 aliphatic rings. The zero-order valence-corrected chi connectivity index (χ0v) is 5.99. The summed E-state index contributed by atoms with van der Waals surface area (Å²) in [5, 5.41) is 6.31. The smallest absolute Gasteiger partial charge is 0.122 e. The molecule has 0 aromatic carbocycles. The molecule has 0 radical (unpaired) electrons. The van der Waals surface area contributed by atoms with Crippen LogP contribution in [0.4, 0.5) is 0 Å². The van der Waals surface area contributed by atoms with Gasteiger partial charge in [-0.3, -0.25) is 4.98 Å². The quantitative estimate of drug-likeness (QED) is 0.615. The number of nitrogens with one attached hydrogen (secondary N) is 2. The molecule has 0 saturated heterocycles. The SMILES string of the molecule is C1=CNC(c2ccncc2)N1. The van der Waals surface area contributed by atoms with Gasteiger partial charge in [0.15, 0.2) is 0 Å². The predicted molar refractivity (Wildman–Crippen MR) is 42.4 cm³/mol. The van der Waals surface area contributed by atoms with Crippen molar-refractivity contribution in [2.45, 2.75) is 6.17 Å². The van der Waals surface area contributed by atoms with Crippen LogP contribution in [0.1, 0.15) is 11.7 Å². The normalized spacial score (nSPS) is 16.0. The molecule has 0 spiro atoms. The zero-order valence-electron chi connectivity index (χ0n) is 5.99. The van der Waals surface area contributed by atoms with E-state index < -0.39 is 0 Å². The molecule has 0 saturated carbocycles. The van der Waals surface area contributed by atoms with Crippen molar-refractivity contribution in [1.29, 1.82) is 0 Å². The second-order valence-electron chi connectivity index (χ2n) is 2.38. The van der Waals surface area contributed by atoms with Crippen molar-refractivity contribution in [2.24, 2.45) is 0 Å². The van der Waals surface area contributed by atoms with Gasteiger partial charge >= 0.3 is 0 Å². The van der Waals surface area contributed by atoms with Crippen molar-refractivity contribution in [3.63, 3.8) is 0 Å². The molecule has 0 bridgehead atoms. The molecule has 1 aromatic rings. The highest BCUT2D eigenvalue weighted by Crippen LogP contribution is 2.10. The van der Waals surface area contributed by atoms with Crippen LogP contribution in [0.25, 0.3) is 0 Å². The van der Waals surface area contributed by atoms with Crippen molar-refractivity contribution in [2.75, 3.05) is 0 Å². The van der Waals surface area contributed by atoms with Crippen molar-refractivity contribution in [3.05, 3.63) is 42.5 Å². The molecule has 0 unspecified atom stereocenters. The van der Waals surface area contributed by atoms with Gasteiger partial charge in [-0.15, -0.1) is 0 Å². The van der Waals surface area contributed by atoms with Gasteiger partial charge in [-0.05, 0) is 17.7 Å². The standard InChI is InChI=1S/C8H9N3/c1-3-9-4-2-7(1)8-10-5-6-11-8/h1-6,8,10-11H. The summed E-state index contributed by atoms with van der Waals surface area (Å²) in [7, 11) is 0. The molecule has 0 fully saturated rings. The number of rotatable bonds is 1. The Morgan fingerprint density at radius 3 is 2.36 bits per heavy atom.